The summed E-state index contributed by atoms with van der Waals surface area (Å²) in [5, 5.41) is 11.1. The molecule has 1 saturated heterocycles. The Hall–Kier alpha value is -4.10. The number of hydrogen-bond acceptors (Lipinski definition) is 3. The highest BCUT2D eigenvalue weighted by Crippen LogP contribution is 2.26. The van der Waals surface area contributed by atoms with Crippen LogP contribution in [0.15, 0.2) is 85.1 Å². The number of nitrogens with one attached hydrogen (secondary N) is 2. The number of amides is 3. The van der Waals surface area contributed by atoms with Gasteiger partial charge in [0.2, 0.25) is 5.91 Å². The van der Waals surface area contributed by atoms with E-state index in [1.807, 2.05) is 72.9 Å². The van der Waals surface area contributed by atoms with Crippen LogP contribution in [0, 0.1) is 0 Å². The smallest absolute Gasteiger partial charge is 0.321 e. The maximum absolute atomic E-state index is 12.9. The second kappa shape index (κ2) is 9.41. The minimum atomic E-state index is -0.158. The zero-order chi connectivity index (χ0) is 23.5. The van der Waals surface area contributed by atoms with Crippen molar-refractivity contribution in [1.29, 1.82) is 0 Å². The van der Waals surface area contributed by atoms with Gasteiger partial charge in [0.1, 0.15) is 0 Å². The van der Waals surface area contributed by atoms with E-state index in [1.54, 1.807) is 21.7 Å². The number of carbonyl (C=O) groups is 2. The Labute approximate surface area is 202 Å². The second-order valence-corrected chi connectivity index (χ2v) is 8.38. The lowest BCUT2D eigenvalue weighted by Gasteiger charge is -2.14. The fourth-order valence-corrected chi connectivity index (χ4v) is 4.05. The maximum atomic E-state index is 12.9. The standard InChI is InChI=1S/C26H22ClN5O2/c27-20-8-6-18(7-9-20)25-19(17-32(30-25)23-4-2-1-3-5-23)16-24(33)29-21-10-12-22(13-11-21)31-15-14-28-26(31)34/h1-13,17H,14-16H2,(H,28,34)(H,29,33). The number of para-hydroxylation sites is 1. The number of urea groups is 1. The molecule has 1 fully saturated rings. The molecule has 34 heavy (non-hydrogen) atoms. The van der Waals surface area contributed by atoms with Gasteiger partial charge in [-0.1, -0.05) is 41.9 Å². The highest BCUT2D eigenvalue weighted by atomic mass is 35.5. The molecular formula is C26H22ClN5O2. The SMILES string of the molecule is O=C(Cc1cn(-c2ccccc2)nc1-c1ccc(Cl)cc1)Nc1ccc(N2CCNC2=O)cc1. The van der Waals surface area contributed by atoms with Crippen molar-refractivity contribution < 1.29 is 9.59 Å². The first-order valence-electron chi connectivity index (χ1n) is 10.9. The number of hydrogen-bond donors (Lipinski definition) is 2. The van der Waals surface area contributed by atoms with Crippen LogP contribution in [-0.4, -0.2) is 34.8 Å². The van der Waals surface area contributed by atoms with Crippen molar-refractivity contribution in [2.24, 2.45) is 0 Å². The van der Waals surface area contributed by atoms with Crippen molar-refractivity contribution in [2.75, 3.05) is 23.3 Å². The molecule has 7 nitrogen and oxygen atoms in total. The molecule has 0 saturated carbocycles. The third-order valence-corrected chi connectivity index (χ3v) is 5.85. The summed E-state index contributed by atoms with van der Waals surface area (Å²) in [7, 11) is 0. The van der Waals surface area contributed by atoms with Gasteiger partial charge in [-0.05, 0) is 48.5 Å². The van der Waals surface area contributed by atoms with Crippen LogP contribution < -0.4 is 15.5 Å². The van der Waals surface area contributed by atoms with E-state index in [9.17, 15) is 9.59 Å². The molecule has 0 unspecified atom stereocenters. The van der Waals surface area contributed by atoms with Crippen molar-refractivity contribution in [1.82, 2.24) is 15.1 Å². The summed E-state index contributed by atoms with van der Waals surface area (Å²) in [6, 6.07) is 24.3. The molecule has 0 radical (unpaired) electrons. The molecule has 0 spiro atoms. The number of halogens is 1. The van der Waals surface area contributed by atoms with Gasteiger partial charge in [-0.2, -0.15) is 5.10 Å². The van der Waals surface area contributed by atoms with Gasteiger partial charge in [0.05, 0.1) is 17.8 Å². The summed E-state index contributed by atoms with van der Waals surface area (Å²) < 4.78 is 1.78. The molecule has 4 aromatic rings. The number of aromatic nitrogens is 2. The molecule has 8 heteroatoms. The van der Waals surface area contributed by atoms with E-state index in [4.69, 9.17) is 16.7 Å². The largest absolute Gasteiger partial charge is 0.336 e. The average molecular weight is 472 g/mol. The van der Waals surface area contributed by atoms with Crippen molar-refractivity contribution in [2.45, 2.75) is 6.42 Å². The molecule has 2 N–H and O–H groups in total. The molecule has 1 aliphatic rings. The van der Waals surface area contributed by atoms with Crippen LogP contribution in [0.4, 0.5) is 16.2 Å². The Morgan fingerprint density at radius 2 is 1.71 bits per heavy atom. The quantitative estimate of drug-likeness (QED) is 0.419. The Kier molecular flexibility index (Phi) is 6.01. The first-order valence-corrected chi connectivity index (χ1v) is 11.3. The summed E-state index contributed by atoms with van der Waals surface area (Å²) in [4.78, 5) is 26.4. The molecule has 0 atom stereocenters. The molecule has 5 rings (SSSR count). The van der Waals surface area contributed by atoms with Gasteiger partial charge in [0.25, 0.3) is 0 Å². The predicted octanol–water partition coefficient (Wildman–Crippen LogP) is 4.90. The van der Waals surface area contributed by atoms with Gasteiger partial charge in [0.15, 0.2) is 0 Å². The van der Waals surface area contributed by atoms with Gasteiger partial charge in [-0.3, -0.25) is 9.69 Å². The van der Waals surface area contributed by atoms with Gasteiger partial charge in [-0.25, -0.2) is 9.48 Å². The number of anilines is 2. The number of rotatable bonds is 6. The van der Waals surface area contributed by atoms with Crippen LogP contribution in [0.5, 0.6) is 0 Å². The molecule has 170 valence electrons. The van der Waals surface area contributed by atoms with Gasteiger partial charge in [0, 0.05) is 46.8 Å². The highest BCUT2D eigenvalue weighted by Gasteiger charge is 2.21. The zero-order valence-electron chi connectivity index (χ0n) is 18.2. The third-order valence-electron chi connectivity index (χ3n) is 5.60. The Morgan fingerprint density at radius 3 is 2.38 bits per heavy atom. The Balaban J connectivity index is 1.36. The third kappa shape index (κ3) is 4.65. The Morgan fingerprint density at radius 1 is 0.971 bits per heavy atom. The number of nitrogens with zero attached hydrogens (tertiary/aromatic N) is 3. The zero-order valence-corrected chi connectivity index (χ0v) is 19.0. The Bertz CT molecular complexity index is 1320. The minimum absolute atomic E-state index is 0.109. The van der Waals surface area contributed by atoms with Gasteiger partial charge < -0.3 is 10.6 Å². The van der Waals surface area contributed by atoms with Gasteiger partial charge in [-0.15, -0.1) is 0 Å². The van der Waals surface area contributed by atoms with E-state index < -0.39 is 0 Å². The molecule has 0 bridgehead atoms. The maximum Gasteiger partial charge on any atom is 0.321 e. The highest BCUT2D eigenvalue weighted by molar-refractivity contribution is 6.30. The lowest BCUT2D eigenvalue weighted by molar-refractivity contribution is -0.115. The molecule has 2 heterocycles. The summed E-state index contributed by atoms with van der Waals surface area (Å²) >= 11 is 6.06. The first-order chi connectivity index (χ1) is 16.6. The van der Waals surface area contributed by atoms with Crippen molar-refractivity contribution in [3.8, 4) is 16.9 Å². The fourth-order valence-electron chi connectivity index (χ4n) is 3.92. The van der Waals surface area contributed by atoms with Crippen LogP contribution in [-0.2, 0) is 11.2 Å². The summed E-state index contributed by atoms with van der Waals surface area (Å²) in [6.07, 6.45) is 2.04. The molecule has 1 aliphatic heterocycles. The summed E-state index contributed by atoms with van der Waals surface area (Å²) in [5.41, 5.74) is 4.78. The van der Waals surface area contributed by atoms with Crippen LogP contribution in [0.2, 0.25) is 5.02 Å². The summed E-state index contributed by atoms with van der Waals surface area (Å²) in [6.45, 7) is 1.26. The van der Waals surface area contributed by atoms with E-state index in [0.717, 1.165) is 28.2 Å². The summed E-state index contributed by atoms with van der Waals surface area (Å²) in [5.74, 6) is -0.158. The lowest BCUT2D eigenvalue weighted by atomic mass is 10.1. The van der Waals surface area contributed by atoms with E-state index in [2.05, 4.69) is 10.6 Å². The molecule has 3 aromatic carbocycles. The lowest BCUT2D eigenvalue weighted by Crippen LogP contribution is -2.27. The monoisotopic (exact) mass is 471 g/mol. The predicted molar refractivity (Wildman–Crippen MR) is 134 cm³/mol. The molecule has 0 aliphatic carbocycles. The number of benzene rings is 3. The van der Waals surface area contributed by atoms with E-state index in [-0.39, 0.29) is 18.4 Å². The second-order valence-electron chi connectivity index (χ2n) is 7.95. The first kappa shape index (κ1) is 21.7. The van der Waals surface area contributed by atoms with Crippen LogP contribution in [0.1, 0.15) is 5.56 Å². The fraction of sp³-hybridized carbons (Fsp3) is 0.115. The van der Waals surface area contributed by atoms with Gasteiger partial charge >= 0.3 is 6.03 Å². The van der Waals surface area contributed by atoms with Crippen LogP contribution >= 0.6 is 11.6 Å². The van der Waals surface area contributed by atoms with Crippen LogP contribution in [0.25, 0.3) is 16.9 Å². The van der Waals surface area contributed by atoms with Crippen molar-refractivity contribution in [3.63, 3.8) is 0 Å². The van der Waals surface area contributed by atoms with Crippen molar-refractivity contribution in [3.05, 3.63) is 95.6 Å². The van der Waals surface area contributed by atoms with Crippen molar-refractivity contribution >= 4 is 34.9 Å². The minimum Gasteiger partial charge on any atom is -0.336 e. The normalized spacial score (nSPS) is 13.1. The molecule has 3 amide bonds. The van der Waals surface area contributed by atoms with E-state index >= 15 is 0 Å². The topological polar surface area (TPSA) is 79.3 Å². The molecular weight excluding hydrogens is 450 g/mol. The molecule has 1 aromatic heterocycles. The van der Waals surface area contributed by atoms with E-state index in [1.165, 1.54) is 0 Å². The number of carbonyl (C=O) groups excluding carboxylic acids is 2. The van der Waals surface area contributed by atoms with Crippen LogP contribution in [0.3, 0.4) is 0 Å². The average Bonchev–Trinajstić information content (AvgIpc) is 3.47. The van der Waals surface area contributed by atoms with E-state index in [0.29, 0.717) is 23.8 Å².